The fraction of sp³-hybridized carbons (Fsp3) is 0.176. The molecule has 2 aromatic rings. The standard InChI is InChI=1S/C17H17NO3.Na/c1-10-6-7-13(11(2)8-10)17(21)14-5-3-4-12(16(14)18)9-15(19)20;/h3-8H,9,18H2,1-2H3,(H,19,20);/q;+1/p-1. The zero-order valence-electron chi connectivity index (χ0n) is 13.0. The first-order valence-corrected chi connectivity index (χ1v) is 6.59. The fourth-order valence-corrected chi connectivity index (χ4v) is 2.33. The van der Waals surface area contributed by atoms with Gasteiger partial charge in [0, 0.05) is 29.2 Å². The molecule has 0 heterocycles. The Hall–Kier alpha value is -1.62. The van der Waals surface area contributed by atoms with Crippen LogP contribution >= 0.6 is 0 Å². The molecule has 2 N–H and O–H groups in total. The van der Waals surface area contributed by atoms with Crippen molar-refractivity contribution in [3.05, 3.63) is 64.2 Å². The Morgan fingerprint density at radius 1 is 1.09 bits per heavy atom. The average Bonchev–Trinajstić information content (AvgIpc) is 2.40. The summed E-state index contributed by atoms with van der Waals surface area (Å²) >= 11 is 0. The van der Waals surface area contributed by atoms with Crippen LogP contribution in [0.1, 0.15) is 32.6 Å². The number of anilines is 1. The molecule has 0 aliphatic carbocycles. The zero-order chi connectivity index (χ0) is 15.6. The van der Waals surface area contributed by atoms with E-state index in [1.165, 1.54) is 0 Å². The molecule has 0 bridgehead atoms. The van der Waals surface area contributed by atoms with E-state index < -0.39 is 5.97 Å². The van der Waals surface area contributed by atoms with Crippen LogP contribution < -0.4 is 40.4 Å². The fourth-order valence-electron chi connectivity index (χ4n) is 2.33. The largest absolute Gasteiger partial charge is 1.00 e. The van der Waals surface area contributed by atoms with Crippen molar-refractivity contribution < 1.29 is 44.3 Å². The first kappa shape index (κ1) is 18.4. The molecule has 0 fully saturated rings. The Morgan fingerprint density at radius 2 is 1.77 bits per heavy atom. The van der Waals surface area contributed by atoms with Gasteiger partial charge in [0.05, 0.1) is 0 Å². The number of benzene rings is 2. The van der Waals surface area contributed by atoms with Crippen LogP contribution in [0.15, 0.2) is 36.4 Å². The van der Waals surface area contributed by atoms with E-state index >= 15 is 0 Å². The van der Waals surface area contributed by atoms with Gasteiger partial charge in [-0.1, -0.05) is 35.9 Å². The monoisotopic (exact) mass is 305 g/mol. The predicted molar refractivity (Wildman–Crippen MR) is 78.9 cm³/mol. The Labute approximate surface area is 151 Å². The van der Waals surface area contributed by atoms with E-state index in [0.29, 0.717) is 16.7 Å². The van der Waals surface area contributed by atoms with Gasteiger partial charge in [-0.25, -0.2) is 0 Å². The molecular formula is C17H16NNaO3. The maximum absolute atomic E-state index is 12.6. The van der Waals surface area contributed by atoms with Gasteiger partial charge in [0.15, 0.2) is 5.78 Å². The summed E-state index contributed by atoms with van der Waals surface area (Å²) in [4.78, 5) is 23.3. The van der Waals surface area contributed by atoms with Gasteiger partial charge < -0.3 is 15.6 Å². The maximum Gasteiger partial charge on any atom is 1.00 e. The van der Waals surface area contributed by atoms with E-state index in [9.17, 15) is 14.7 Å². The molecule has 0 saturated heterocycles. The van der Waals surface area contributed by atoms with Crippen LogP contribution in [-0.4, -0.2) is 11.8 Å². The third-order valence-corrected chi connectivity index (χ3v) is 3.40. The number of carboxylic acids is 1. The molecule has 0 atom stereocenters. The molecule has 0 aromatic heterocycles. The van der Waals surface area contributed by atoms with Gasteiger partial charge >= 0.3 is 29.6 Å². The number of aliphatic carboxylic acids is 1. The van der Waals surface area contributed by atoms with Crippen molar-refractivity contribution in [3.8, 4) is 0 Å². The Balaban J connectivity index is 0.00000242. The first-order chi connectivity index (χ1) is 9.90. The molecule has 0 saturated carbocycles. The van der Waals surface area contributed by atoms with E-state index in [2.05, 4.69) is 0 Å². The first-order valence-electron chi connectivity index (χ1n) is 6.59. The second-order valence-electron chi connectivity index (χ2n) is 5.07. The van der Waals surface area contributed by atoms with Gasteiger partial charge in [-0.05, 0) is 31.0 Å². The SMILES string of the molecule is Cc1ccc(C(=O)c2cccc(CC(=O)[O-])c2N)c(C)c1.[Na+]. The smallest absolute Gasteiger partial charge is 0.550 e. The molecule has 0 unspecified atom stereocenters. The van der Waals surface area contributed by atoms with Crippen LogP contribution in [0.2, 0.25) is 0 Å². The predicted octanol–water partition coefficient (Wildman–Crippen LogP) is -1.59. The van der Waals surface area contributed by atoms with Gasteiger partial charge in [0.1, 0.15) is 0 Å². The summed E-state index contributed by atoms with van der Waals surface area (Å²) in [6.07, 6.45) is -0.306. The van der Waals surface area contributed by atoms with Crippen molar-refractivity contribution in [3.63, 3.8) is 0 Å². The molecular weight excluding hydrogens is 289 g/mol. The zero-order valence-corrected chi connectivity index (χ0v) is 15.0. The molecule has 2 rings (SSSR count). The van der Waals surface area contributed by atoms with Crippen molar-refractivity contribution in [1.82, 2.24) is 0 Å². The summed E-state index contributed by atoms with van der Waals surface area (Å²) in [5.41, 5.74) is 9.36. The van der Waals surface area contributed by atoms with Crippen molar-refractivity contribution in [2.24, 2.45) is 0 Å². The van der Waals surface area contributed by atoms with Gasteiger partial charge in [0.2, 0.25) is 0 Å². The van der Waals surface area contributed by atoms with Crippen molar-refractivity contribution in [1.29, 1.82) is 0 Å². The Morgan fingerprint density at radius 3 is 2.36 bits per heavy atom. The minimum absolute atomic E-state index is 0. The third-order valence-electron chi connectivity index (χ3n) is 3.40. The molecule has 22 heavy (non-hydrogen) atoms. The summed E-state index contributed by atoms with van der Waals surface area (Å²) in [5, 5.41) is 10.7. The van der Waals surface area contributed by atoms with E-state index in [1.54, 1.807) is 24.3 Å². The van der Waals surface area contributed by atoms with Crippen molar-refractivity contribution in [2.75, 3.05) is 5.73 Å². The molecule has 2 aromatic carbocycles. The minimum atomic E-state index is -1.22. The van der Waals surface area contributed by atoms with Gasteiger partial charge in [0.25, 0.3) is 0 Å². The summed E-state index contributed by atoms with van der Waals surface area (Å²) in [6.45, 7) is 3.82. The van der Waals surface area contributed by atoms with Crippen LogP contribution in [0.25, 0.3) is 0 Å². The number of rotatable bonds is 4. The third kappa shape index (κ3) is 3.97. The number of hydrogen-bond acceptors (Lipinski definition) is 4. The van der Waals surface area contributed by atoms with Crippen LogP contribution in [0.3, 0.4) is 0 Å². The number of aryl methyl sites for hydroxylation is 2. The molecule has 5 heteroatoms. The van der Waals surface area contributed by atoms with Gasteiger partial charge in [-0.2, -0.15) is 0 Å². The summed E-state index contributed by atoms with van der Waals surface area (Å²) < 4.78 is 0. The molecule has 4 nitrogen and oxygen atoms in total. The number of nitrogen functional groups attached to an aromatic ring is 1. The number of ketones is 1. The Bertz CT molecular complexity index is 726. The minimum Gasteiger partial charge on any atom is -0.550 e. The quantitative estimate of drug-likeness (QED) is 0.419. The molecule has 0 spiro atoms. The van der Waals surface area contributed by atoms with Crippen LogP contribution in [-0.2, 0) is 11.2 Å². The van der Waals surface area contributed by atoms with E-state index in [-0.39, 0.29) is 47.4 Å². The van der Waals surface area contributed by atoms with Crippen LogP contribution in [0.5, 0.6) is 0 Å². The summed E-state index contributed by atoms with van der Waals surface area (Å²) in [5.74, 6) is -1.43. The topological polar surface area (TPSA) is 83.2 Å². The second-order valence-corrected chi connectivity index (χ2v) is 5.07. The normalized spacial score (nSPS) is 9.91. The maximum atomic E-state index is 12.6. The summed E-state index contributed by atoms with van der Waals surface area (Å²) in [7, 11) is 0. The number of carbonyl (C=O) groups excluding carboxylic acids is 2. The van der Waals surface area contributed by atoms with E-state index in [4.69, 9.17) is 5.73 Å². The molecule has 0 radical (unpaired) electrons. The molecule has 0 amide bonds. The van der Waals surface area contributed by atoms with Crippen molar-refractivity contribution in [2.45, 2.75) is 20.3 Å². The average molecular weight is 305 g/mol. The molecule has 0 aliphatic heterocycles. The summed E-state index contributed by atoms with van der Waals surface area (Å²) in [6, 6.07) is 10.4. The number of carboxylic acid groups (broad SMARTS) is 1. The second kappa shape index (κ2) is 7.58. The number of hydrogen-bond donors (Lipinski definition) is 1. The molecule has 0 aliphatic rings. The van der Waals surface area contributed by atoms with E-state index in [0.717, 1.165) is 11.1 Å². The van der Waals surface area contributed by atoms with Crippen LogP contribution in [0, 0.1) is 13.8 Å². The Kier molecular flexibility index (Phi) is 6.35. The number of para-hydroxylation sites is 1. The number of nitrogens with two attached hydrogens (primary N) is 1. The van der Waals surface area contributed by atoms with Gasteiger partial charge in [-0.3, -0.25) is 4.79 Å². The van der Waals surface area contributed by atoms with Crippen molar-refractivity contribution >= 4 is 17.4 Å². The molecule has 108 valence electrons. The number of carbonyl (C=O) groups is 2. The van der Waals surface area contributed by atoms with Crippen LogP contribution in [0.4, 0.5) is 5.69 Å². The van der Waals surface area contributed by atoms with Gasteiger partial charge in [-0.15, -0.1) is 0 Å². The van der Waals surface area contributed by atoms with E-state index in [1.807, 2.05) is 26.0 Å².